The van der Waals surface area contributed by atoms with Crippen LogP contribution in [0.2, 0.25) is 0 Å². The second kappa shape index (κ2) is 8.67. The highest BCUT2D eigenvalue weighted by Gasteiger charge is 2.31. The van der Waals surface area contributed by atoms with Crippen molar-refractivity contribution in [2.45, 2.75) is 56.8 Å². The van der Waals surface area contributed by atoms with E-state index < -0.39 is 29.8 Å². The Hall–Kier alpha value is -1.60. The predicted octanol–water partition coefficient (Wildman–Crippen LogP) is 3.96. The topological polar surface area (TPSA) is 64.3 Å². The minimum Gasteiger partial charge on any atom is -0.370 e. The van der Waals surface area contributed by atoms with Crippen LogP contribution in [0.4, 0.5) is 18.9 Å². The molecule has 1 unspecified atom stereocenters. The third kappa shape index (κ3) is 5.71. The second-order valence-electron chi connectivity index (χ2n) is 6.63. The molecule has 0 spiro atoms. The molecule has 1 fully saturated rings. The maximum atomic E-state index is 12.8. The normalized spacial score (nSPS) is 18.6. The first-order chi connectivity index (χ1) is 11.8. The van der Waals surface area contributed by atoms with Crippen LogP contribution in [0.25, 0.3) is 0 Å². The van der Waals surface area contributed by atoms with Crippen molar-refractivity contribution in [3.05, 3.63) is 29.8 Å². The summed E-state index contributed by atoms with van der Waals surface area (Å²) in [6.07, 6.45) is 1.09. The molecular formula is C18H25F3N2O2. The van der Waals surface area contributed by atoms with E-state index >= 15 is 0 Å². The van der Waals surface area contributed by atoms with Gasteiger partial charge in [0.05, 0.1) is 5.56 Å². The number of ether oxygens (including phenoxy) is 1. The van der Waals surface area contributed by atoms with Gasteiger partial charge >= 0.3 is 6.18 Å². The molecule has 0 saturated heterocycles. The van der Waals surface area contributed by atoms with Crippen LogP contribution < -0.4 is 11.1 Å². The molecule has 7 heteroatoms. The fourth-order valence-corrected chi connectivity index (χ4v) is 3.39. The SMILES string of the molecule is COC(C(=O)Nc1cccc(C(F)(F)F)c1)[C@H](N)CC1CCCCC1. The third-order valence-electron chi connectivity index (χ3n) is 4.69. The van der Waals surface area contributed by atoms with E-state index in [1.54, 1.807) is 0 Å². The second-order valence-corrected chi connectivity index (χ2v) is 6.63. The quantitative estimate of drug-likeness (QED) is 0.809. The highest BCUT2D eigenvalue weighted by atomic mass is 19.4. The number of hydrogen-bond donors (Lipinski definition) is 2. The zero-order valence-corrected chi connectivity index (χ0v) is 14.3. The Morgan fingerprint density at radius 2 is 2.00 bits per heavy atom. The Labute approximate surface area is 145 Å². The number of methoxy groups -OCH3 is 1. The lowest BCUT2D eigenvalue weighted by atomic mass is 9.84. The third-order valence-corrected chi connectivity index (χ3v) is 4.69. The smallest absolute Gasteiger partial charge is 0.370 e. The van der Waals surface area contributed by atoms with E-state index in [4.69, 9.17) is 10.5 Å². The van der Waals surface area contributed by atoms with Gasteiger partial charge < -0.3 is 15.8 Å². The van der Waals surface area contributed by atoms with Gasteiger partial charge in [0, 0.05) is 18.8 Å². The molecule has 1 aromatic carbocycles. The van der Waals surface area contributed by atoms with Crippen LogP contribution in [0.1, 0.15) is 44.1 Å². The minimum atomic E-state index is -4.46. The Bertz CT molecular complexity index is 572. The summed E-state index contributed by atoms with van der Waals surface area (Å²) in [4.78, 5) is 12.4. The zero-order valence-electron chi connectivity index (χ0n) is 14.3. The zero-order chi connectivity index (χ0) is 18.4. The van der Waals surface area contributed by atoms with E-state index in [9.17, 15) is 18.0 Å². The monoisotopic (exact) mass is 358 g/mol. The number of anilines is 1. The molecule has 1 amide bonds. The highest BCUT2D eigenvalue weighted by molar-refractivity contribution is 5.94. The summed E-state index contributed by atoms with van der Waals surface area (Å²) in [5.41, 5.74) is 5.41. The first kappa shape index (κ1) is 19.7. The molecule has 1 aliphatic rings. The number of nitrogens with one attached hydrogen (secondary N) is 1. The molecule has 1 aliphatic carbocycles. The van der Waals surface area contributed by atoms with E-state index in [0.29, 0.717) is 12.3 Å². The Kier molecular flexibility index (Phi) is 6.84. The van der Waals surface area contributed by atoms with Crippen LogP contribution in [0, 0.1) is 5.92 Å². The molecule has 0 aliphatic heterocycles. The van der Waals surface area contributed by atoms with Crippen LogP contribution >= 0.6 is 0 Å². The van der Waals surface area contributed by atoms with Gasteiger partial charge in [0.1, 0.15) is 0 Å². The Morgan fingerprint density at radius 1 is 1.32 bits per heavy atom. The lowest BCUT2D eigenvalue weighted by Gasteiger charge is -2.28. The molecule has 0 aromatic heterocycles. The van der Waals surface area contributed by atoms with Crippen molar-refractivity contribution in [3.8, 4) is 0 Å². The summed E-state index contributed by atoms with van der Waals surface area (Å²) in [5.74, 6) is -0.0482. The van der Waals surface area contributed by atoms with Crippen LogP contribution in [0.3, 0.4) is 0 Å². The van der Waals surface area contributed by atoms with Crippen LogP contribution in [0.15, 0.2) is 24.3 Å². The van der Waals surface area contributed by atoms with Crippen molar-refractivity contribution in [1.82, 2.24) is 0 Å². The maximum Gasteiger partial charge on any atom is 0.416 e. The van der Waals surface area contributed by atoms with Gasteiger partial charge in [0.2, 0.25) is 0 Å². The lowest BCUT2D eigenvalue weighted by Crippen LogP contribution is -2.45. The van der Waals surface area contributed by atoms with Crippen LogP contribution in [0.5, 0.6) is 0 Å². The molecule has 0 bridgehead atoms. The van der Waals surface area contributed by atoms with E-state index in [1.165, 1.54) is 38.5 Å². The number of rotatable bonds is 6. The molecular weight excluding hydrogens is 333 g/mol. The number of hydrogen-bond acceptors (Lipinski definition) is 3. The maximum absolute atomic E-state index is 12.8. The van der Waals surface area contributed by atoms with E-state index in [2.05, 4.69) is 5.32 Å². The molecule has 2 atom stereocenters. The molecule has 140 valence electrons. The minimum absolute atomic E-state index is 0.0757. The number of carbonyl (C=O) groups excluding carboxylic acids is 1. The molecule has 4 nitrogen and oxygen atoms in total. The highest BCUT2D eigenvalue weighted by Crippen LogP contribution is 2.31. The molecule has 0 heterocycles. The number of benzene rings is 1. The Balaban J connectivity index is 1.99. The first-order valence-corrected chi connectivity index (χ1v) is 8.57. The van der Waals surface area contributed by atoms with Crippen molar-refractivity contribution in [2.24, 2.45) is 11.7 Å². The van der Waals surface area contributed by atoms with Crippen molar-refractivity contribution in [2.75, 3.05) is 12.4 Å². The van der Waals surface area contributed by atoms with Crippen LogP contribution in [-0.2, 0) is 15.7 Å². The number of nitrogens with two attached hydrogens (primary N) is 1. The van der Waals surface area contributed by atoms with Gasteiger partial charge in [-0.05, 0) is 30.5 Å². The standard InChI is InChI=1S/C18H25F3N2O2/c1-25-16(15(22)10-12-6-3-2-4-7-12)17(24)23-14-9-5-8-13(11-14)18(19,20)21/h5,8-9,11-12,15-16H,2-4,6-7,10,22H2,1H3,(H,23,24)/t15-,16?/m1/s1. The van der Waals surface area contributed by atoms with Crippen molar-refractivity contribution in [3.63, 3.8) is 0 Å². The van der Waals surface area contributed by atoms with Crippen molar-refractivity contribution >= 4 is 11.6 Å². The summed E-state index contributed by atoms with van der Waals surface area (Å²) in [6, 6.07) is 4.03. The summed E-state index contributed by atoms with van der Waals surface area (Å²) in [5, 5.41) is 2.48. The van der Waals surface area contributed by atoms with Gasteiger partial charge in [-0.25, -0.2) is 0 Å². The van der Waals surface area contributed by atoms with Gasteiger partial charge in [-0.1, -0.05) is 38.2 Å². The molecule has 25 heavy (non-hydrogen) atoms. The van der Waals surface area contributed by atoms with Gasteiger partial charge in [-0.2, -0.15) is 13.2 Å². The van der Waals surface area contributed by atoms with E-state index in [-0.39, 0.29) is 5.69 Å². The van der Waals surface area contributed by atoms with E-state index in [1.807, 2.05) is 0 Å². The van der Waals surface area contributed by atoms with Gasteiger partial charge in [-0.3, -0.25) is 4.79 Å². The average molecular weight is 358 g/mol. The number of carbonyl (C=O) groups is 1. The number of amides is 1. The lowest BCUT2D eigenvalue weighted by molar-refractivity contribution is -0.137. The predicted molar refractivity (Wildman–Crippen MR) is 90.0 cm³/mol. The van der Waals surface area contributed by atoms with E-state index in [0.717, 1.165) is 25.0 Å². The van der Waals surface area contributed by atoms with Crippen LogP contribution in [-0.4, -0.2) is 25.2 Å². The largest absolute Gasteiger partial charge is 0.416 e. The Morgan fingerprint density at radius 3 is 2.60 bits per heavy atom. The number of alkyl halides is 3. The summed E-state index contributed by atoms with van der Waals surface area (Å²) in [6.45, 7) is 0. The molecule has 1 saturated carbocycles. The van der Waals surface area contributed by atoms with Crippen molar-refractivity contribution < 1.29 is 22.7 Å². The fourth-order valence-electron chi connectivity index (χ4n) is 3.39. The molecule has 3 N–H and O–H groups in total. The van der Waals surface area contributed by atoms with Gasteiger partial charge in [-0.15, -0.1) is 0 Å². The summed E-state index contributed by atoms with van der Waals surface area (Å²) >= 11 is 0. The molecule has 1 aromatic rings. The summed E-state index contributed by atoms with van der Waals surface area (Å²) in [7, 11) is 1.39. The number of halogens is 3. The first-order valence-electron chi connectivity index (χ1n) is 8.57. The molecule has 0 radical (unpaired) electrons. The summed E-state index contributed by atoms with van der Waals surface area (Å²) < 4.78 is 43.5. The van der Waals surface area contributed by atoms with Gasteiger partial charge in [0.25, 0.3) is 5.91 Å². The van der Waals surface area contributed by atoms with Gasteiger partial charge in [0.15, 0.2) is 6.10 Å². The fraction of sp³-hybridized carbons (Fsp3) is 0.611. The van der Waals surface area contributed by atoms with Crippen molar-refractivity contribution in [1.29, 1.82) is 0 Å². The average Bonchev–Trinajstić information content (AvgIpc) is 2.56. The molecule has 2 rings (SSSR count).